The van der Waals surface area contributed by atoms with Crippen LogP contribution >= 0.6 is 11.8 Å². The average Bonchev–Trinajstić information content (AvgIpc) is 2.89. The molecule has 0 radical (unpaired) electrons. The molecule has 2 atom stereocenters. The van der Waals surface area contributed by atoms with E-state index in [2.05, 4.69) is 21.8 Å². The van der Waals surface area contributed by atoms with Gasteiger partial charge in [-0.15, -0.1) is 11.8 Å². The molecule has 106 valence electrons. The van der Waals surface area contributed by atoms with E-state index in [1.165, 1.54) is 0 Å². The van der Waals surface area contributed by atoms with E-state index in [0.717, 1.165) is 25.2 Å². The zero-order chi connectivity index (χ0) is 14.0. The Morgan fingerprint density at radius 1 is 1.63 bits per heavy atom. The predicted molar refractivity (Wildman–Crippen MR) is 76.1 cm³/mol. The van der Waals surface area contributed by atoms with E-state index in [1.807, 2.05) is 20.0 Å². The van der Waals surface area contributed by atoms with Gasteiger partial charge in [-0.2, -0.15) is 0 Å². The predicted octanol–water partition coefficient (Wildman–Crippen LogP) is 2.25. The van der Waals surface area contributed by atoms with Crippen molar-refractivity contribution in [3.8, 4) is 0 Å². The Labute approximate surface area is 117 Å². The fraction of sp³-hybridized carbons (Fsp3) is 0.692. The van der Waals surface area contributed by atoms with Crippen LogP contribution in [0.5, 0.6) is 0 Å². The number of aliphatic carboxylic acids is 1. The maximum absolute atomic E-state index is 11.3. The van der Waals surface area contributed by atoms with Gasteiger partial charge in [-0.05, 0) is 20.3 Å². The van der Waals surface area contributed by atoms with Crippen molar-refractivity contribution in [1.29, 1.82) is 0 Å². The van der Waals surface area contributed by atoms with Crippen molar-refractivity contribution in [3.63, 3.8) is 0 Å². The van der Waals surface area contributed by atoms with Crippen LogP contribution in [0.2, 0.25) is 0 Å². The molecule has 19 heavy (non-hydrogen) atoms. The van der Waals surface area contributed by atoms with Crippen molar-refractivity contribution < 1.29 is 9.90 Å². The first-order chi connectivity index (χ1) is 8.95. The van der Waals surface area contributed by atoms with Gasteiger partial charge in [0, 0.05) is 23.7 Å². The summed E-state index contributed by atoms with van der Waals surface area (Å²) < 4.78 is 1.78. The lowest BCUT2D eigenvalue weighted by molar-refractivity contribution is -0.139. The number of nitrogens with one attached hydrogen (secondary N) is 1. The molecule has 0 saturated carbocycles. The van der Waals surface area contributed by atoms with Crippen LogP contribution in [0.3, 0.4) is 0 Å². The van der Waals surface area contributed by atoms with Gasteiger partial charge in [-0.3, -0.25) is 10.1 Å². The van der Waals surface area contributed by atoms with Gasteiger partial charge in [0.1, 0.15) is 17.2 Å². The zero-order valence-electron chi connectivity index (χ0n) is 11.6. The fourth-order valence-corrected chi connectivity index (χ4v) is 3.75. The van der Waals surface area contributed by atoms with E-state index >= 15 is 0 Å². The number of unbranched alkanes of at least 4 members (excludes halogenated alkanes) is 1. The van der Waals surface area contributed by atoms with Gasteiger partial charge in [0.05, 0.1) is 0 Å². The molecule has 1 aromatic rings. The number of nitrogens with zero attached hydrogens (tertiary/aromatic N) is 2. The molecular weight excluding hydrogens is 262 g/mol. The second-order valence-electron chi connectivity index (χ2n) is 5.37. The number of carbonyl (C=O) groups is 1. The molecule has 6 heteroatoms. The maximum Gasteiger partial charge on any atom is 0.322 e. The first-order valence-corrected chi connectivity index (χ1v) is 7.51. The number of thioether (sulfide) groups is 1. The number of rotatable bonds is 5. The summed E-state index contributed by atoms with van der Waals surface area (Å²) in [7, 11) is 0. The van der Waals surface area contributed by atoms with Crippen molar-refractivity contribution in [2.24, 2.45) is 0 Å². The van der Waals surface area contributed by atoms with Gasteiger partial charge in [0.15, 0.2) is 0 Å². The van der Waals surface area contributed by atoms with Gasteiger partial charge in [-0.25, -0.2) is 4.98 Å². The van der Waals surface area contributed by atoms with Crippen molar-refractivity contribution in [3.05, 3.63) is 18.2 Å². The molecule has 0 amide bonds. The summed E-state index contributed by atoms with van der Waals surface area (Å²) in [5.74, 6) is 0.127. The third-order valence-corrected chi connectivity index (χ3v) is 4.84. The third kappa shape index (κ3) is 2.95. The second kappa shape index (κ2) is 5.54. The summed E-state index contributed by atoms with van der Waals surface area (Å²) >= 11 is 1.63. The van der Waals surface area contributed by atoms with Crippen LogP contribution in [0.1, 0.15) is 44.8 Å². The number of carboxylic acids is 1. The van der Waals surface area contributed by atoms with E-state index in [9.17, 15) is 9.90 Å². The number of hydrogen-bond acceptors (Lipinski definition) is 4. The number of aryl methyl sites for hydroxylation is 1. The summed E-state index contributed by atoms with van der Waals surface area (Å²) in [5, 5.41) is 12.4. The summed E-state index contributed by atoms with van der Waals surface area (Å²) in [5.41, 5.74) is 0. The molecule has 1 aliphatic heterocycles. The number of imidazole rings is 1. The minimum absolute atomic E-state index is 0.0528. The van der Waals surface area contributed by atoms with Crippen LogP contribution in [0, 0.1) is 0 Å². The number of carboxylic acid groups (broad SMARTS) is 1. The molecule has 0 aliphatic carbocycles. The number of aromatic nitrogens is 2. The van der Waals surface area contributed by atoms with Gasteiger partial charge < -0.3 is 9.67 Å². The van der Waals surface area contributed by atoms with Crippen molar-refractivity contribution in [2.45, 2.75) is 56.3 Å². The Bertz CT molecular complexity index is 458. The summed E-state index contributed by atoms with van der Waals surface area (Å²) in [4.78, 5) is 15.7. The molecule has 0 bridgehead atoms. The normalized spacial score (nSPS) is 25.6. The van der Waals surface area contributed by atoms with E-state index in [1.54, 1.807) is 18.0 Å². The lowest BCUT2D eigenvalue weighted by atomic mass is 10.0. The highest BCUT2D eigenvalue weighted by molar-refractivity contribution is 8.01. The topological polar surface area (TPSA) is 67.2 Å². The molecule has 2 rings (SSSR count). The maximum atomic E-state index is 11.3. The molecule has 1 fully saturated rings. The highest BCUT2D eigenvalue weighted by Crippen LogP contribution is 2.45. The molecule has 5 nitrogen and oxygen atoms in total. The molecule has 0 spiro atoms. The van der Waals surface area contributed by atoms with Crippen molar-refractivity contribution in [2.75, 3.05) is 0 Å². The van der Waals surface area contributed by atoms with Crippen LogP contribution in [0.15, 0.2) is 12.4 Å². The standard InChI is InChI=1S/C13H21N3O2S/c1-4-5-7-16-8-6-14-10(16)11-15-9(12(17)18)13(2,3)19-11/h6,8-9,11,15H,4-5,7H2,1-3H3,(H,17,18). The fourth-order valence-electron chi connectivity index (χ4n) is 2.33. The van der Waals surface area contributed by atoms with Crippen LogP contribution < -0.4 is 5.32 Å². The summed E-state index contributed by atoms with van der Waals surface area (Å²) in [6.07, 6.45) is 5.99. The molecule has 1 aliphatic rings. The van der Waals surface area contributed by atoms with Crippen molar-refractivity contribution >= 4 is 17.7 Å². The molecule has 2 unspecified atom stereocenters. The Balaban J connectivity index is 2.16. The van der Waals surface area contributed by atoms with Crippen LogP contribution in [0.25, 0.3) is 0 Å². The quantitative estimate of drug-likeness (QED) is 0.867. The van der Waals surface area contributed by atoms with Gasteiger partial charge in [0.2, 0.25) is 0 Å². The third-order valence-electron chi connectivity index (χ3n) is 3.42. The molecular formula is C13H21N3O2S. The first-order valence-electron chi connectivity index (χ1n) is 6.63. The smallest absolute Gasteiger partial charge is 0.322 e. The molecule has 0 aromatic carbocycles. The Kier molecular flexibility index (Phi) is 4.20. The van der Waals surface area contributed by atoms with E-state index in [0.29, 0.717) is 0 Å². The Morgan fingerprint density at radius 2 is 2.37 bits per heavy atom. The van der Waals surface area contributed by atoms with E-state index < -0.39 is 12.0 Å². The SMILES string of the molecule is CCCCn1ccnc1C1NC(C(=O)O)C(C)(C)S1. The summed E-state index contributed by atoms with van der Waals surface area (Å²) in [6.45, 7) is 7.01. The highest BCUT2D eigenvalue weighted by atomic mass is 32.2. The largest absolute Gasteiger partial charge is 0.480 e. The highest BCUT2D eigenvalue weighted by Gasteiger charge is 2.46. The molecule has 1 saturated heterocycles. The molecule has 2 N–H and O–H groups in total. The monoisotopic (exact) mass is 283 g/mol. The lowest BCUT2D eigenvalue weighted by Crippen LogP contribution is -2.43. The summed E-state index contributed by atoms with van der Waals surface area (Å²) in [6, 6.07) is -0.543. The average molecular weight is 283 g/mol. The minimum atomic E-state index is -0.799. The Hall–Kier alpha value is -1.01. The van der Waals surface area contributed by atoms with Crippen LogP contribution in [-0.2, 0) is 11.3 Å². The molecule has 1 aromatic heterocycles. The lowest BCUT2D eigenvalue weighted by Gasteiger charge is -2.20. The molecule has 2 heterocycles. The number of hydrogen-bond donors (Lipinski definition) is 2. The van der Waals surface area contributed by atoms with Crippen LogP contribution in [0.4, 0.5) is 0 Å². The Morgan fingerprint density at radius 3 is 2.95 bits per heavy atom. The van der Waals surface area contributed by atoms with Gasteiger partial charge in [0.25, 0.3) is 0 Å². The van der Waals surface area contributed by atoms with Gasteiger partial charge >= 0.3 is 5.97 Å². The van der Waals surface area contributed by atoms with E-state index in [-0.39, 0.29) is 10.1 Å². The van der Waals surface area contributed by atoms with E-state index in [4.69, 9.17) is 0 Å². The zero-order valence-corrected chi connectivity index (χ0v) is 12.4. The second-order valence-corrected chi connectivity index (χ2v) is 7.13. The van der Waals surface area contributed by atoms with Gasteiger partial charge in [-0.1, -0.05) is 13.3 Å². The first kappa shape index (κ1) is 14.4. The van der Waals surface area contributed by atoms with Crippen LogP contribution in [-0.4, -0.2) is 31.4 Å². The minimum Gasteiger partial charge on any atom is -0.480 e. The van der Waals surface area contributed by atoms with Crippen molar-refractivity contribution in [1.82, 2.24) is 14.9 Å².